The fraction of sp³-hybridized carbons (Fsp3) is 0. The van der Waals surface area contributed by atoms with E-state index in [4.69, 9.17) is 5.11 Å². The fourth-order valence-electron chi connectivity index (χ4n) is 1.35. The van der Waals surface area contributed by atoms with Crippen molar-refractivity contribution in [2.75, 3.05) is 0 Å². The van der Waals surface area contributed by atoms with Gasteiger partial charge in [0, 0.05) is 6.20 Å². The van der Waals surface area contributed by atoms with Crippen molar-refractivity contribution in [2.24, 2.45) is 10.2 Å². The first-order valence-corrected chi connectivity index (χ1v) is 5.30. The van der Waals surface area contributed by atoms with Crippen LogP contribution >= 0.6 is 0 Å². The van der Waals surface area contributed by atoms with Crippen molar-refractivity contribution >= 4 is 11.5 Å². The van der Waals surface area contributed by atoms with Crippen LogP contribution in [-0.2, 0) is 0 Å². The van der Waals surface area contributed by atoms with Gasteiger partial charge in [0.05, 0.1) is 11.4 Å². The minimum Gasteiger partial charge on any atom is -0.513 e. The van der Waals surface area contributed by atoms with Gasteiger partial charge in [-0.3, -0.25) is 4.79 Å². The number of aromatic nitrogens is 1. The summed E-state index contributed by atoms with van der Waals surface area (Å²) in [5, 5.41) is 16.6. The lowest BCUT2D eigenvalue weighted by molar-refractivity contribution is 0.102. The second-order valence-corrected chi connectivity index (χ2v) is 3.46. The molecule has 2 rings (SSSR count). The molecule has 1 heterocycles. The third kappa shape index (κ3) is 2.70. The number of allylic oxidation sites excluding steroid dienone is 1. The Balaban J connectivity index is 2.16. The predicted octanol–water partition coefficient (Wildman–Crippen LogP) is 3.38. The maximum atomic E-state index is 11.8. The molecule has 0 saturated carbocycles. The molecule has 0 aliphatic heterocycles. The van der Waals surface area contributed by atoms with E-state index in [-0.39, 0.29) is 5.70 Å². The van der Waals surface area contributed by atoms with Gasteiger partial charge < -0.3 is 10.1 Å². The molecular weight excluding hydrogens is 230 g/mol. The molecule has 0 aliphatic rings. The van der Waals surface area contributed by atoms with Crippen molar-refractivity contribution < 1.29 is 9.90 Å². The van der Waals surface area contributed by atoms with E-state index >= 15 is 0 Å². The predicted molar refractivity (Wildman–Crippen MR) is 66.8 cm³/mol. The van der Waals surface area contributed by atoms with E-state index in [1.165, 1.54) is 0 Å². The first-order valence-electron chi connectivity index (χ1n) is 5.30. The molecule has 0 fully saturated rings. The van der Waals surface area contributed by atoms with Crippen LogP contribution in [0.25, 0.3) is 0 Å². The van der Waals surface area contributed by atoms with E-state index in [0.29, 0.717) is 17.6 Å². The van der Waals surface area contributed by atoms with E-state index in [1.54, 1.807) is 30.5 Å². The van der Waals surface area contributed by atoms with Crippen LogP contribution in [0.4, 0.5) is 5.69 Å². The molecule has 0 radical (unpaired) electrons. The highest BCUT2D eigenvalue weighted by atomic mass is 16.2. The monoisotopic (exact) mass is 241 g/mol. The highest BCUT2D eigenvalue weighted by Gasteiger charge is 2.12. The van der Waals surface area contributed by atoms with Crippen LogP contribution in [0, 0.1) is 0 Å². The van der Waals surface area contributed by atoms with Gasteiger partial charge in [-0.2, -0.15) is 5.11 Å². The molecule has 5 heteroatoms. The van der Waals surface area contributed by atoms with Crippen molar-refractivity contribution in [1.29, 1.82) is 0 Å². The Labute approximate surface area is 104 Å². The number of rotatable bonds is 4. The molecular formula is C13H11N3O2. The van der Waals surface area contributed by atoms with Crippen LogP contribution in [0.3, 0.4) is 0 Å². The van der Waals surface area contributed by atoms with Crippen molar-refractivity contribution in [1.82, 2.24) is 4.98 Å². The molecule has 0 saturated heterocycles. The fourth-order valence-corrected chi connectivity index (χ4v) is 1.35. The van der Waals surface area contributed by atoms with Gasteiger partial charge in [0.15, 0.2) is 5.70 Å². The lowest BCUT2D eigenvalue weighted by atomic mass is 10.2. The third-order valence-corrected chi connectivity index (χ3v) is 2.23. The Kier molecular flexibility index (Phi) is 3.66. The zero-order valence-electron chi connectivity index (χ0n) is 9.45. The number of benzene rings is 1. The van der Waals surface area contributed by atoms with E-state index in [2.05, 4.69) is 15.2 Å². The van der Waals surface area contributed by atoms with Gasteiger partial charge in [-0.05, 0) is 24.3 Å². The number of aliphatic hydroxyl groups is 1. The Hall–Kier alpha value is -2.69. The average Bonchev–Trinajstić information content (AvgIpc) is 2.94. The second kappa shape index (κ2) is 5.58. The molecule has 5 nitrogen and oxygen atoms in total. The van der Waals surface area contributed by atoms with Crippen LogP contribution in [0.2, 0.25) is 0 Å². The summed E-state index contributed by atoms with van der Waals surface area (Å²) in [7, 11) is 0. The van der Waals surface area contributed by atoms with Gasteiger partial charge in [-0.1, -0.05) is 18.2 Å². The molecule has 0 amide bonds. The van der Waals surface area contributed by atoms with Gasteiger partial charge in [0.25, 0.3) is 0 Å². The number of aliphatic hydroxyl groups excluding tert-OH is 1. The SMILES string of the molecule is O=C(/C(=C\O)N=Nc1ccccc1)c1ccc[nH]1. The third-order valence-electron chi connectivity index (χ3n) is 2.23. The lowest BCUT2D eigenvalue weighted by Crippen LogP contribution is -2.01. The number of aromatic amines is 1. The molecule has 0 bridgehead atoms. The summed E-state index contributed by atoms with van der Waals surface area (Å²) in [4.78, 5) is 14.6. The van der Waals surface area contributed by atoms with E-state index < -0.39 is 5.78 Å². The maximum absolute atomic E-state index is 11.8. The summed E-state index contributed by atoms with van der Waals surface area (Å²) in [5.41, 5.74) is 0.833. The Morgan fingerprint density at radius 3 is 2.56 bits per heavy atom. The number of hydrogen-bond acceptors (Lipinski definition) is 4. The Morgan fingerprint density at radius 1 is 1.17 bits per heavy atom. The lowest BCUT2D eigenvalue weighted by Gasteiger charge is -1.96. The zero-order chi connectivity index (χ0) is 12.8. The average molecular weight is 241 g/mol. The van der Waals surface area contributed by atoms with Crippen molar-refractivity contribution in [3.05, 3.63) is 66.3 Å². The molecule has 18 heavy (non-hydrogen) atoms. The zero-order valence-corrected chi connectivity index (χ0v) is 9.45. The first-order chi connectivity index (χ1) is 8.81. The van der Waals surface area contributed by atoms with Crippen LogP contribution < -0.4 is 0 Å². The first kappa shape index (κ1) is 11.8. The number of nitrogens with one attached hydrogen (secondary N) is 1. The largest absolute Gasteiger partial charge is 0.513 e. The van der Waals surface area contributed by atoms with E-state index in [0.717, 1.165) is 0 Å². The summed E-state index contributed by atoms with van der Waals surface area (Å²) in [6.45, 7) is 0. The topological polar surface area (TPSA) is 77.8 Å². The van der Waals surface area contributed by atoms with Crippen LogP contribution in [0.5, 0.6) is 0 Å². The summed E-state index contributed by atoms with van der Waals surface area (Å²) in [5.74, 6) is -0.415. The molecule has 2 N–H and O–H groups in total. The smallest absolute Gasteiger partial charge is 0.232 e. The minimum absolute atomic E-state index is 0.124. The number of H-pyrrole nitrogens is 1. The van der Waals surface area contributed by atoms with Gasteiger partial charge in [0.1, 0.15) is 6.26 Å². The van der Waals surface area contributed by atoms with Crippen LogP contribution in [0.1, 0.15) is 10.5 Å². The van der Waals surface area contributed by atoms with Crippen molar-refractivity contribution in [3.8, 4) is 0 Å². The minimum atomic E-state index is -0.415. The summed E-state index contributed by atoms with van der Waals surface area (Å²) in [6, 6.07) is 12.3. The van der Waals surface area contributed by atoms with Crippen molar-refractivity contribution in [2.45, 2.75) is 0 Å². The normalized spacial score (nSPS) is 11.9. The van der Waals surface area contributed by atoms with Crippen LogP contribution in [0.15, 0.2) is 70.8 Å². The van der Waals surface area contributed by atoms with Gasteiger partial charge in [0.2, 0.25) is 5.78 Å². The van der Waals surface area contributed by atoms with E-state index in [1.807, 2.05) is 18.2 Å². The number of nitrogens with zero attached hydrogens (tertiary/aromatic N) is 2. The van der Waals surface area contributed by atoms with Crippen LogP contribution in [-0.4, -0.2) is 15.9 Å². The number of Topliss-reactive ketones (excluding diaryl/α,β-unsaturated/α-hetero) is 1. The number of carbonyl (C=O) groups excluding carboxylic acids is 1. The molecule has 2 aromatic rings. The quantitative estimate of drug-likeness (QED) is 0.372. The van der Waals surface area contributed by atoms with Gasteiger partial charge in [-0.15, -0.1) is 5.11 Å². The maximum Gasteiger partial charge on any atom is 0.232 e. The molecule has 0 aliphatic carbocycles. The Morgan fingerprint density at radius 2 is 1.94 bits per heavy atom. The molecule has 1 aromatic carbocycles. The van der Waals surface area contributed by atoms with Gasteiger partial charge in [-0.25, -0.2) is 0 Å². The molecule has 0 unspecified atom stereocenters. The molecule has 90 valence electrons. The van der Waals surface area contributed by atoms with E-state index in [9.17, 15) is 4.79 Å². The number of hydrogen-bond donors (Lipinski definition) is 2. The molecule has 0 atom stereocenters. The standard InChI is InChI=1S/C13H11N3O2/c17-9-12(13(18)11-7-4-8-14-11)16-15-10-5-2-1-3-6-10/h1-9,14,17H/b12-9+,16-15?. The molecule has 0 spiro atoms. The Bertz CT molecular complexity index is 572. The van der Waals surface area contributed by atoms with Crippen molar-refractivity contribution in [3.63, 3.8) is 0 Å². The second-order valence-electron chi connectivity index (χ2n) is 3.46. The number of azo groups is 1. The number of carbonyl (C=O) groups is 1. The summed E-state index contributed by atoms with van der Waals surface area (Å²) >= 11 is 0. The van der Waals surface area contributed by atoms with Gasteiger partial charge >= 0.3 is 0 Å². The highest BCUT2D eigenvalue weighted by Crippen LogP contribution is 2.14. The summed E-state index contributed by atoms with van der Waals surface area (Å²) in [6.07, 6.45) is 2.27. The highest BCUT2D eigenvalue weighted by molar-refractivity contribution is 6.06. The molecule has 1 aromatic heterocycles. The number of ketones is 1. The summed E-state index contributed by atoms with van der Waals surface area (Å²) < 4.78 is 0.